The fourth-order valence-electron chi connectivity index (χ4n) is 3.52. The van der Waals surface area contributed by atoms with Gasteiger partial charge in [0.1, 0.15) is 0 Å². The highest BCUT2D eigenvalue weighted by Gasteiger charge is 2.23. The molecule has 1 aliphatic rings. The smallest absolute Gasteiger partial charge is 0.256 e. The summed E-state index contributed by atoms with van der Waals surface area (Å²) in [4.78, 5) is 16.7. The van der Waals surface area contributed by atoms with Crippen molar-refractivity contribution in [2.24, 2.45) is 0 Å². The summed E-state index contributed by atoms with van der Waals surface area (Å²) in [5.74, 6) is -0.0199. The van der Waals surface area contributed by atoms with Gasteiger partial charge < -0.3 is 5.32 Å². The third-order valence-corrected chi connectivity index (χ3v) is 6.58. The molecule has 3 aromatic rings. The van der Waals surface area contributed by atoms with Gasteiger partial charge in [0.25, 0.3) is 5.91 Å². The maximum absolute atomic E-state index is 12.6. The fourth-order valence-corrected chi connectivity index (χ4v) is 4.87. The van der Waals surface area contributed by atoms with E-state index in [0.717, 1.165) is 31.2 Å². The molecule has 0 aliphatic heterocycles. The van der Waals surface area contributed by atoms with Gasteiger partial charge in [-0.05, 0) is 48.7 Å². The van der Waals surface area contributed by atoms with Crippen LogP contribution in [0.2, 0.25) is 0 Å². The van der Waals surface area contributed by atoms with Gasteiger partial charge in [0, 0.05) is 36.3 Å². The van der Waals surface area contributed by atoms with Gasteiger partial charge in [-0.3, -0.25) is 14.5 Å². The number of carbonyl (C=O) groups excluding carboxylic acids is 1. The zero-order valence-electron chi connectivity index (χ0n) is 16.4. The third kappa shape index (κ3) is 4.92. The molecule has 0 atom stereocenters. The van der Waals surface area contributed by atoms with Crippen LogP contribution in [0, 0.1) is 0 Å². The molecule has 1 fully saturated rings. The normalized spacial score (nSPS) is 14.7. The first-order valence-electron chi connectivity index (χ1n) is 9.86. The van der Waals surface area contributed by atoms with Crippen LogP contribution in [0.3, 0.4) is 0 Å². The molecule has 0 radical (unpaired) electrons. The van der Waals surface area contributed by atoms with Crippen molar-refractivity contribution in [2.45, 2.75) is 43.2 Å². The Morgan fingerprint density at radius 1 is 1.10 bits per heavy atom. The SMILES string of the molecule is O=C(Nc1ccn(Cc2ccncc2)n1)c1cccc(S(=O)(=O)NC2CCCC2)c1. The molecular weight excluding hydrogens is 402 g/mol. The van der Waals surface area contributed by atoms with E-state index >= 15 is 0 Å². The molecular formula is C21H23N5O3S. The van der Waals surface area contributed by atoms with Crippen LogP contribution in [-0.2, 0) is 16.6 Å². The standard InChI is InChI=1S/C21H23N5O3S/c27-21(23-20-10-13-26(24-20)15-16-8-11-22-12-9-16)17-4-3-7-19(14-17)30(28,29)25-18-5-1-2-6-18/h3-4,7-14,18,25H,1-2,5-6,15H2,(H,23,24,27). The van der Waals surface area contributed by atoms with Crippen molar-refractivity contribution in [2.75, 3.05) is 5.32 Å². The average molecular weight is 426 g/mol. The van der Waals surface area contributed by atoms with E-state index in [9.17, 15) is 13.2 Å². The van der Waals surface area contributed by atoms with Crippen molar-refractivity contribution in [1.29, 1.82) is 0 Å². The summed E-state index contributed by atoms with van der Waals surface area (Å²) in [5, 5.41) is 7.06. The van der Waals surface area contributed by atoms with Crippen molar-refractivity contribution in [3.8, 4) is 0 Å². The lowest BCUT2D eigenvalue weighted by Gasteiger charge is -2.13. The van der Waals surface area contributed by atoms with Gasteiger partial charge in [0.15, 0.2) is 5.82 Å². The molecule has 4 rings (SSSR count). The summed E-state index contributed by atoms with van der Waals surface area (Å²) >= 11 is 0. The molecule has 9 heteroatoms. The summed E-state index contributed by atoms with van der Waals surface area (Å²) in [5.41, 5.74) is 1.30. The van der Waals surface area contributed by atoms with E-state index in [4.69, 9.17) is 0 Å². The summed E-state index contributed by atoms with van der Waals surface area (Å²) < 4.78 is 29.7. The second kappa shape index (κ2) is 8.76. The number of nitrogens with zero attached hydrogens (tertiary/aromatic N) is 3. The maximum Gasteiger partial charge on any atom is 0.256 e. The Kier molecular flexibility index (Phi) is 5.91. The number of benzene rings is 1. The van der Waals surface area contributed by atoms with Crippen LogP contribution in [-0.4, -0.2) is 35.1 Å². The number of amides is 1. The molecule has 1 aliphatic carbocycles. The summed E-state index contributed by atoms with van der Waals surface area (Å²) in [6.45, 7) is 0.555. The zero-order valence-corrected chi connectivity index (χ0v) is 17.2. The number of carbonyl (C=O) groups is 1. The van der Waals surface area contributed by atoms with Gasteiger partial charge in [-0.2, -0.15) is 5.10 Å². The fraction of sp³-hybridized carbons (Fsp3) is 0.286. The zero-order chi connectivity index (χ0) is 21.0. The lowest BCUT2D eigenvalue weighted by Crippen LogP contribution is -2.32. The largest absolute Gasteiger partial charge is 0.305 e. The minimum Gasteiger partial charge on any atom is -0.305 e. The number of aromatic nitrogens is 3. The molecule has 2 heterocycles. The Bertz CT molecular complexity index is 1120. The minimum absolute atomic E-state index is 0.0307. The Hall–Kier alpha value is -3.04. The summed E-state index contributed by atoms with van der Waals surface area (Å²) in [6.07, 6.45) is 8.95. The minimum atomic E-state index is -3.66. The maximum atomic E-state index is 12.6. The molecule has 0 spiro atoms. The van der Waals surface area contributed by atoms with Crippen LogP contribution in [0.25, 0.3) is 0 Å². The number of sulfonamides is 1. The number of hydrogen-bond acceptors (Lipinski definition) is 5. The number of rotatable bonds is 7. The highest BCUT2D eigenvalue weighted by Crippen LogP contribution is 2.21. The van der Waals surface area contributed by atoms with Crippen LogP contribution in [0.4, 0.5) is 5.82 Å². The van der Waals surface area contributed by atoms with Crippen LogP contribution < -0.4 is 10.0 Å². The van der Waals surface area contributed by atoms with Gasteiger partial charge >= 0.3 is 0 Å². The lowest BCUT2D eigenvalue weighted by molar-refractivity contribution is 0.102. The monoisotopic (exact) mass is 425 g/mol. The van der Waals surface area contributed by atoms with Gasteiger partial charge in [-0.1, -0.05) is 18.9 Å². The van der Waals surface area contributed by atoms with Crippen molar-refractivity contribution in [3.63, 3.8) is 0 Å². The molecule has 2 aromatic heterocycles. The number of anilines is 1. The Morgan fingerprint density at radius 2 is 1.87 bits per heavy atom. The molecule has 1 amide bonds. The number of nitrogens with one attached hydrogen (secondary N) is 2. The van der Waals surface area contributed by atoms with Crippen LogP contribution in [0.15, 0.2) is 66.0 Å². The molecule has 1 saturated carbocycles. The van der Waals surface area contributed by atoms with Gasteiger partial charge in [0.2, 0.25) is 10.0 Å². The third-order valence-electron chi connectivity index (χ3n) is 5.06. The molecule has 2 N–H and O–H groups in total. The molecule has 0 saturated heterocycles. The van der Waals surface area contributed by atoms with Crippen LogP contribution in [0.5, 0.6) is 0 Å². The Morgan fingerprint density at radius 3 is 2.63 bits per heavy atom. The van der Waals surface area contributed by atoms with E-state index < -0.39 is 15.9 Å². The molecule has 30 heavy (non-hydrogen) atoms. The van der Waals surface area contributed by atoms with Crippen LogP contribution in [0.1, 0.15) is 41.6 Å². The molecule has 1 aromatic carbocycles. The highest BCUT2D eigenvalue weighted by atomic mass is 32.2. The van der Waals surface area contributed by atoms with Crippen LogP contribution >= 0.6 is 0 Å². The molecule has 0 unspecified atom stereocenters. The first kappa shape index (κ1) is 20.2. The van der Waals surface area contributed by atoms with Crippen molar-refractivity contribution < 1.29 is 13.2 Å². The van der Waals surface area contributed by atoms with Gasteiger partial charge in [-0.15, -0.1) is 0 Å². The number of pyridine rings is 1. The predicted molar refractivity (Wildman–Crippen MR) is 113 cm³/mol. The molecule has 8 nitrogen and oxygen atoms in total. The van der Waals surface area contributed by atoms with Crippen molar-refractivity contribution in [1.82, 2.24) is 19.5 Å². The summed E-state index contributed by atoms with van der Waals surface area (Å²) in [6, 6.07) is 11.5. The highest BCUT2D eigenvalue weighted by molar-refractivity contribution is 7.89. The average Bonchev–Trinajstić information content (AvgIpc) is 3.41. The lowest BCUT2D eigenvalue weighted by atomic mass is 10.2. The van der Waals surface area contributed by atoms with Gasteiger partial charge in [-0.25, -0.2) is 13.1 Å². The van der Waals surface area contributed by atoms with E-state index in [2.05, 4.69) is 20.1 Å². The van der Waals surface area contributed by atoms with Gasteiger partial charge in [0.05, 0.1) is 11.4 Å². The molecule has 156 valence electrons. The first-order chi connectivity index (χ1) is 14.5. The second-order valence-corrected chi connectivity index (χ2v) is 9.05. The second-order valence-electron chi connectivity index (χ2n) is 7.34. The number of hydrogen-bond donors (Lipinski definition) is 2. The molecule has 0 bridgehead atoms. The van der Waals surface area contributed by atoms with E-state index in [0.29, 0.717) is 12.4 Å². The van der Waals surface area contributed by atoms with Crippen molar-refractivity contribution in [3.05, 3.63) is 72.2 Å². The topological polar surface area (TPSA) is 106 Å². The quantitative estimate of drug-likeness (QED) is 0.605. The first-order valence-corrected chi connectivity index (χ1v) is 11.3. The van der Waals surface area contributed by atoms with E-state index in [1.807, 2.05) is 12.1 Å². The van der Waals surface area contributed by atoms with E-state index in [-0.39, 0.29) is 16.5 Å². The van der Waals surface area contributed by atoms with Crippen molar-refractivity contribution >= 4 is 21.7 Å². The Balaban J connectivity index is 1.43. The Labute approximate surface area is 175 Å². The van der Waals surface area contributed by atoms with E-state index in [1.54, 1.807) is 41.5 Å². The van der Waals surface area contributed by atoms with E-state index in [1.165, 1.54) is 12.1 Å². The predicted octanol–water partition coefficient (Wildman–Crippen LogP) is 2.80. The summed E-state index contributed by atoms with van der Waals surface area (Å²) in [7, 11) is -3.66.